The maximum Gasteiger partial charge on any atom is 0.0430 e. The number of hydrogen-bond acceptors (Lipinski definition) is 1. The Bertz CT molecular complexity index is 172. The highest BCUT2D eigenvalue weighted by Gasteiger charge is 2.33. The van der Waals surface area contributed by atoms with Crippen LogP contribution in [0.3, 0.4) is 0 Å². The zero-order valence-corrected chi connectivity index (χ0v) is 9.54. The number of alkyl halides is 2. The largest absolute Gasteiger partial charge is 0.309 e. The molecule has 0 aromatic carbocycles. The fourth-order valence-corrected chi connectivity index (χ4v) is 3.00. The van der Waals surface area contributed by atoms with Crippen LogP contribution in [0.25, 0.3) is 0 Å². The van der Waals surface area contributed by atoms with E-state index in [0.29, 0.717) is 0 Å². The van der Waals surface area contributed by atoms with Gasteiger partial charge in [-0.1, -0.05) is 19.8 Å². The Kier molecular flexibility index (Phi) is 4.54. The van der Waals surface area contributed by atoms with Gasteiger partial charge in [0.15, 0.2) is 0 Å². The van der Waals surface area contributed by atoms with Crippen molar-refractivity contribution in [1.29, 1.82) is 5.41 Å². The molecule has 13 heavy (non-hydrogen) atoms. The third-order valence-corrected chi connectivity index (χ3v) is 3.64. The van der Waals surface area contributed by atoms with Gasteiger partial charge in [0, 0.05) is 22.4 Å². The summed E-state index contributed by atoms with van der Waals surface area (Å²) in [4.78, 5) is 0. The van der Waals surface area contributed by atoms with Crippen molar-refractivity contribution >= 4 is 28.9 Å². The molecule has 0 radical (unpaired) electrons. The van der Waals surface area contributed by atoms with E-state index in [1.807, 2.05) is 0 Å². The van der Waals surface area contributed by atoms with E-state index in [0.717, 1.165) is 37.8 Å². The highest BCUT2D eigenvalue weighted by molar-refractivity contribution is 6.26. The highest BCUT2D eigenvalue weighted by atomic mass is 35.5. The first-order valence-corrected chi connectivity index (χ1v) is 5.89. The molecule has 2 atom stereocenters. The van der Waals surface area contributed by atoms with Gasteiger partial charge >= 0.3 is 0 Å². The van der Waals surface area contributed by atoms with Crippen molar-refractivity contribution in [2.75, 3.05) is 0 Å². The van der Waals surface area contributed by atoms with Gasteiger partial charge in [-0.2, -0.15) is 0 Å². The highest BCUT2D eigenvalue weighted by Crippen LogP contribution is 2.34. The van der Waals surface area contributed by atoms with Crippen molar-refractivity contribution in [1.82, 2.24) is 0 Å². The van der Waals surface area contributed by atoms with Crippen molar-refractivity contribution in [2.45, 2.75) is 49.8 Å². The smallest absolute Gasteiger partial charge is 0.0430 e. The maximum absolute atomic E-state index is 7.88. The molecule has 3 heteroatoms. The third kappa shape index (κ3) is 2.85. The Labute approximate surface area is 90.3 Å². The molecular formula is C10H17Cl2N. The fraction of sp³-hybridized carbons (Fsp3) is 0.900. The first-order chi connectivity index (χ1) is 6.16. The molecule has 0 bridgehead atoms. The number of rotatable bonds is 3. The summed E-state index contributed by atoms with van der Waals surface area (Å²) in [5, 5.41) is 8.06. The SMILES string of the molecule is CCCC(=N)C1C(Cl)CCCC1Cl. The quantitative estimate of drug-likeness (QED) is 0.554. The van der Waals surface area contributed by atoms with Crippen LogP contribution >= 0.6 is 23.2 Å². The molecular weight excluding hydrogens is 205 g/mol. The Morgan fingerprint density at radius 2 is 1.85 bits per heavy atom. The van der Waals surface area contributed by atoms with Crippen molar-refractivity contribution < 1.29 is 0 Å². The predicted molar refractivity (Wildman–Crippen MR) is 59.3 cm³/mol. The molecule has 1 nitrogen and oxygen atoms in total. The summed E-state index contributed by atoms with van der Waals surface area (Å²) >= 11 is 12.4. The van der Waals surface area contributed by atoms with Gasteiger partial charge in [-0.15, -0.1) is 23.2 Å². The molecule has 0 aliphatic heterocycles. The molecule has 0 aromatic rings. The van der Waals surface area contributed by atoms with Crippen LogP contribution in [-0.2, 0) is 0 Å². The average molecular weight is 222 g/mol. The summed E-state index contributed by atoms with van der Waals surface area (Å²) < 4.78 is 0. The molecule has 1 N–H and O–H groups in total. The van der Waals surface area contributed by atoms with Crippen LogP contribution in [0.5, 0.6) is 0 Å². The Morgan fingerprint density at radius 3 is 2.31 bits per heavy atom. The summed E-state index contributed by atoms with van der Waals surface area (Å²) in [5.74, 6) is 0.122. The van der Waals surface area contributed by atoms with Gasteiger partial charge in [0.1, 0.15) is 0 Å². The zero-order chi connectivity index (χ0) is 9.84. The lowest BCUT2D eigenvalue weighted by Gasteiger charge is -2.31. The third-order valence-electron chi connectivity index (χ3n) is 2.66. The van der Waals surface area contributed by atoms with Crippen molar-refractivity contribution in [3.63, 3.8) is 0 Å². The van der Waals surface area contributed by atoms with Crippen LogP contribution in [0.1, 0.15) is 39.0 Å². The van der Waals surface area contributed by atoms with Gasteiger partial charge in [-0.3, -0.25) is 0 Å². The predicted octanol–water partition coefficient (Wildman–Crippen LogP) is 3.82. The standard InChI is InChI=1S/C10H17Cl2N/c1-2-4-9(13)10-7(11)5-3-6-8(10)12/h7-8,10,13H,2-6H2,1H3. The molecule has 2 unspecified atom stereocenters. The van der Waals surface area contributed by atoms with Crippen molar-refractivity contribution in [2.24, 2.45) is 5.92 Å². The monoisotopic (exact) mass is 221 g/mol. The van der Waals surface area contributed by atoms with Gasteiger partial charge in [0.25, 0.3) is 0 Å². The number of nitrogens with one attached hydrogen (secondary N) is 1. The Hall–Kier alpha value is 0.250. The molecule has 1 aliphatic carbocycles. The van der Waals surface area contributed by atoms with Crippen molar-refractivity contribution in [3.8, 4) is 0 Å². The average Bonchev–Trinajstić information content (AvgIpc) is 2.04. The van der Waals surface area contributed by atoms with E-state index in [4.69, 9.17) is 28.6 Å². The topological polar surface area (TPSA) is 23.9 Å². The second kappa shape index (κ2) is 5.21. The van der Waals surface area contributed by atoms with Crippen LogP contribution in [0.4, 0.5) is 0 Å². The molecule has 1 saturated carbocycles. The maximum atomic E-state index is 7.88. The van der Waals surface area contributed by atoms with E-state index in [1.54, 1.807) is 0 Å². The molecule has 1 fully saturated rings. The van der Waals surface area contributed by atoms with E-state index in [1.165, 1.54) is 0 Å². The van der Waals surface area contributed by atoms with Crippen LogP contribution in [0.15, 0.2) is 0 Å². The molecule has 0 aromatic heterocycles. The van der Waals surface area contributed by atoms with Crippen LogP contribution < -0.4 is 0 Å². The lowest BCUT2D eigenvalue weighted by atomic mass is 9.83. The first-order valence-electron chi connectivity index (χ1n) is 5.02. The molecule has 0 heterocycles. The van der Waals surface area contributed by atoms with Gasteiger partial charge < -0.3 is 5.41 Å². The van der Waals surface area contributed by atoms with E-state index < -0.39 is 0 Å². The minimum absolute atomic E-state index is 0.0929. The fourth-order valence-electron chi connectivity index (χ4n) is 1.97. The second-order valence-electron chi connectivity index (χ2n) is 3.76. The van der Waals surface area contributed by atoms with Gasteiger partial charge in [-0.05, 0) is 19.3 Å². The molecule has 1 rings (SSSR count). The number of hydrogen-bond donors (Lipinski definition) is 1. The molecule has 76 valence electrons. The summed E-state index contributed by atoms with van der Waals surface area (Å²) in [6.07, 6.45) is 5.00. The minimum atomic E-state index is 0.0929. The normalized spacial score (nSPS) is 34.5. The minimum Gasteiger partial charge on any atom is -0.309 e. The van der Waals surface area contributed by atoms with E-state index >= 15 is 0 Å². The zero-order valence-electron chi connectivity index (χ0n) is 8.02. The first kappa shape index (κ1) is 11.3. The van der Waals surface area contributed by atoms with Crippen LogP contribution in [0, 0.1) is 11.3 Å². The summed E-state index contributed by atoms with van der Waals surface area (Å²) in [7, 11) is 0. The molecule has 0 saturated heterocycles. The number of halogens is 2. The van der Waals surface area contributed by atoms with Crippen LogP contribution in [0.2, 0.25) is 0 Å². The molecule has 0 amide bonds. The summed E-state index contributed by atoms with van der Waals surface area (Å²) in [6, 6.07) is 0. The Balaban J connectivity index is 2.57. The van der Waals surface area contributed by atoms with E-state index in [-0.39, 0.29) is 16.7 Å². The summed E-state index contributed by atoms with van der Waals surface area (Å²) in [6.45, 7) is 2.09. The van der Waals surface area contributed by atoms with E-state index in [9.17, 15) is 0 Å². The van der Waals surface area contributed by atoms with Gasteiger partial charge in [0.05, 0.1) is 0 Å². The molecule has 1 aliphatic rings. The lowest BCUT2D eigenvalue weighted by Crippen LogP contribution is -2.35. The summed E-state index contributed by atoms with van der Waals surface area (Å²) in [5.41, 5.74) is 0.752. The van der Waals surface area contributed by atoms with Crippen LogP contribution in [-0.4, -0.2) is 16.5 Å². The van der Waals surface area contributed by atoms with Gasteiger partial charge in [-0.25, -0.2) is 0 Å². The Morgan fingerprint density at radius 1 is 1.31 bits per heavy atom. The lowest BCUT2D eigenvalue weighted by molar-refractivity contribution is 0.448. The van der Waals surface area contributed by atoms with Gasteiger partial charge in [0.2, 0.25) is 0 Å². The van der Waals surface area contributed by atoms with Crippen molar-refractivity contribution in [3.05, 3.63) is 0 Å². The van der Waals surface area contributed by atoms with E-state index in [2.05, 4.69) is 6.92 Å². The molecule has 0 spiro atoms. The second-order valence-corrected chi connectivity index (χ2v) is 4.89.